The molecule has 0 saturated carbocycles. The molecule has 0 aliphatic carbocycles. The van der Waals surface area contributed by atoms with Gasteiger partial charge in [0.25, 0.3) is 5.91 Å². The first-order valence-electron chi connectivity index (χ1n) is 8.24. The molecular weight excluding hydrogens is 430 g/mol. The van der Waals surface area contributed by atoms with Crippen molar-refractivity contribution in [2.75, 3.05) is 13.1 Å². The molecule has 1 amide bonds. The highest BCUT2D eigenvalue weighted by molar-refractivity contribution is 8.18. The third kappa shape index (κ3) is 5.92. The average Bonchev–Trinajstić information content (AvgIpc) is 2.97. The summed E-state index contributed by atoms with van der Waals surface area (Å²) < 4.78 is 13.6. The maximum atomic E-state index is 13.6. The van der Waals surface area contributed by atoms with E-state index in [0.29, 0.717) is 21.2 Å². The van der Waals surface area contributed by atoms with Crippen LogP contribution in [0.15, 0.2) is 28.1 Å². The maximum absolute atomic E-state index is 13.6. The number of benzene rings is 1. The van der Waals surface area contributed by atoms with E-state index >= 15 is 0 Å². The first-order valence-corrected chi connectivity index (χ1v) is 9.06. The van der Waals surface area contributed by atoms with Gasteiger partial charge in [-0.3, -0.25) is 14.6 Å². The van der Waals surface area contributed by atoms with Crippen LogP contribution < -0.4 is 11.2 Å². The first-order chi connectivity index (χ1) is 12.4. The number of thioether (sulfide) groups is 1. The lowest BCUT2D eigenvalue weighted by molar-refractivity contribution is -0.137. The number of aliphatic carboxylic acids is 1. The van der Waals surface area contributed by atoms with Crippen molar-refractivity contribution in [1.29, 1.82) is 0 Å². The van der Waals surface area contributed by atoms with Gasteiger partial charge < -0.3 is 10.8 Å². The zero-order chi connectivity index (χ0) is 18.7. The fourth-order valence-corrected chi connectivity index (χ4v) is 3.71. The van der Waals surface area contributed by atoms with Gasteiger partial charge in [0.05, 0.1) is 11.3 Å². The van der Waals surface area contributed by atoms with Crippen LogP contribution in [0.1, 0.15) is 36.4 Å². The van der Waals surface area contributed by atoms with E-state index in [0.717, 1.165) is 25.9 Å². The molecule has 3 rings (SSSR count). The molecule has 1 saturated heterocycles. The molecule has 1 aromatic carbocycles. The Kier molecular flexibility index (Phi) is 9.38. The Bertz CT molecular complexity index is 801. The van der Waals surface area contributed by atoms with Gasteiger partial charge in [-0.05, 0) is 53.9 Å². The molecule has 2 aliphatic rings. The number of hydrazine groups is 1. The molecule has 1 fully saturated rings. The fraction of sp³-hybridized carbons (Fsp3) is 0.353. The highest BCUT2D eigenvalue weighted by atomic mass is 35.5. The number of nitrogens with two attached hydrogens (primary N) is 1. The number of amidine groups is 1. The molecule has 7 nitrogen and oxygen atoms in total. The standard InChI is InChI=1S/C17H19FN4O3S.2ClH/c18-11-4-3-10(12(8-11)13(19)9-15(23)24)7-14-16(25)21-17(26-14)22-6-2-1-5-20-22;;/h3-4,7-8,13,20H,1-2,5-6,9,19H2,(H,23,24);2*1H. The Morgan fingerprint density at radius 2 is 2.18 bits per heavy atom. The van der Waals surface area contributed by atoms with Crippen molar-refractivity contribution >= 4 is 59.7 Å². The van der Waals surface area contributed by atoms with Gasteiger partial charge in [-0.25, -0.2) is 9.82 Å². The molecule has 4 N–H and O–H groups in total. The van der Waals surface area contributed by atoms with Gasteiger partial charge >= 0.3 is 5.97 Å². The van der Waals surface area contributed by atoms with Crippen LogP contribution in [0.4, 0.5) is 4.39 Å². The number of hydrogen-bond donors (Lipinski definition) is 3. The number of aliphatic imine (C=N–C) groups is 1. The SMILES string of the molecule is Cl.Cl.NC(CC(=O)O)c1cc(F)ccc1C=C1SC(N2CCCCN2)=NC1=O. The molecule has 1 aromatic rings. The van der Waals surface area contributed by atoms with Crippen LogP contribution in [0.25, 0.3) is 6.08 Å². The largest absolute Gasteiger partial charge is 0.481 e. The lowest BCUT2D eigenvalue weighted by atomic mass is 9.98. The van der Waals surface area contributed by atoms with Crippen molar-refractivity contribution in [3.63, 3.8) is 0 Å². The molecule has 0 aromatic heterocycles. The molecule has 28 heavy (non-hydrogen) atoms. The summed E-state index contributed by atoms with van der Waals surface area (Å²) in [4.78, 5) is 27.6. The summed E-state index contributed by atoms with van der Waals surface area (Å²) in [5.41, 5.74) is 9.95. The molecule has 2 heterocycles. The number of rotatable bonds is 4. The van der Waals surface area contributed by atoms with Crippen LogP contribution in [-0.4, -0.2) is 40.2 Å². The quantitative estimate of drug-likeness (QED) is 0.605. The Morgan fingerprint density at radius 1 is 1.43 bits per heavy atom. The van der Waals surface area contributed by atoms with Crippen LogP contribution in [0.5, 0.6) is 0 Å². The maximum Gasteiger partial charge on any atom is 0.305 e. The van der Waals surface area contributed by atoms with E-state index in [1.807, 2.05) is 5.01 Å². The molecular formula is C17H21Cl2FN4O3S. The van der Waals surface area contributed by atoms with Crippen LogP contribution in [-0.2, 0) is 9.59 Å². The Hall–Kier alpha value is -1.65. The minimum Gasteiger partial charge on any atom is -0.481 e. The van der Waals surface area contributed by atoms with Crippen molar-refractivity contribution in [1.82, 2.24) is 10.4 Å². The van der Waals surface area contributed by atoms with Gasteiger partial charge in [0, 0.05) is 19.1 Å². The monoisotopic (exact) mass is 450 g/mol. The van der Waals surface area contributed by atoms with Gasteiger partial charge in [-0.2, -0.15) is 4.99 Å². The summed E-state index contributed by atoms with van der Waals surface area (Å²) in [6, 6.07) is 3.07. The summed E-state index contributed by atoms with van der Waals surface area (Å²) in [5, 5.41) is 11.4. The summed E-state index contributed by atoms with van der Waals surface area (Å²) in [6.45, 7) is 1.61. The van der Waals surface area contributed by atoms with Crippen molar-refractivity contribution in [3.8, 4) is 0 Å². The van der Waals surface area contributed by atoms with Crippen LogP contribution in [0.3, 0.4) is 0 Å². The summed E-state index contributed by atoms with van der Waals surface area (Å²) in [5.74, 6) is -1.96. The summed E-state index contributed by atoms with van der Waals surface area (Å²) >= 11 is 1.23. The number of halogens is 3. The highest BCUT2D eigenvalue weighted by Gasteiger charge is 2.27. The fourth-order valence-electron chi connectivity index (χ4n) is 2.80. The summed E-state index contributed by atoms with van der Waals surface area (Å²) in [7, 11) is 0. The van der Waals surface area contributed by atoms with Crippen molar-refractivity contribution in [3.05, 3.63) is 40.0 Å². The topological polar surface area (TPSA) is 108 Å². The minimum atomic E-state index is -1.08. The number of carboxylic acids is 1. The zero-order valence-electron chi connectivity index (χ0n) is 14.8. The lowest BCUT2D eigenvalue weighted by Crippen LogP contribution is -2.45. The second-order valence-electron chi connectivity index (χ2n) is 6.05. The predicted molar refractivity (Wildman–Crippen MR) is 112 cm³/mol. The van der Waals surface area contributed by atoms with Crippen LogP contribution in [0, 0.1) is 5.82 Å². The van der Waals surface area contributed by atoms with Gasteiger partial charge in [-0.15, -0.1) is 24.8 Å². The van der Waals surface area contributed by atoms with Crippen LogP contribution in [0.2, 0.25) is 0 Å². The number of carbonyl (C=O) groups excluding carboxylic acids is 1. The number of carbonyl (C=O) groups is 2. The minimum absolute atomic E-state index is 0. The molecule has 1 unspecified atom stereocenters. The number of nitrogens with one attached hydrogen (secondary N) is 1. The molecule has 11 heteroatoms. The van der Waals surface area contributed by atoms with Gasteiger partial charge in [0.1, 0.15) is 5.82 Å². The zero-order valence-corrected chi connectivity index (χ0v) is 17.2. The first kappa shape index (κ1) is 24.4. The van der Waals surface area contributed by atoms with E-state index in [-0.39, 0.29) is 37.1 Å². The van der Waals surface area contributed by atoms with E-state index in [4.69, 9.17) is 10.8 Å². The summed E-state index contributed by atoms with van der Waals surface area (Å²) in [6.07, 6.45) is 3.35. The van der Waals surface area contributed by atoms with Crippen molar-refractivity contribution in [2.45, 2.75) is 25.3 Å². The average molecular weight is 451 g/mol. The van der Waals surface area contributed by atoms with Crippen LogP contribution >= 0.6 is 36.6 Å². The third-order valence-corrected chi connectivity index (χ3v) is 5.09. The second-order valence-corrected chi connectivity index (χ2v) is 7.06. The molecule has 0 radical (unpaired) electrons. The normalized spacial score (nSPS) is 18.9. The highest BCUT2D eigenvalue weighted by Crippen LogP contribution is 2.32. The Labute approximate surface area is 178 Å². The van der Waals surface area contributed by atoms with E-state index in [9.17, 15) is 14.0 Å². The molecule has 2 aliphatic heterocycles. The molecule has 0 bridgehead atoms. The number of amides is 1. The molecule has 154 valence electrons. The molecule has 1 atom stereocenters. The second kappa shape index (κ2) is 10.8. The number of nitrogens with zero attached hydrogens (tertiary/aromatic N) is 2. The predicted octanol–water partition coefficient (Wildman–Crippen LogP) is 2.71. The van der Waals surface area contributed by atoms with Crippen molar-refractivity contribution < 1.29 is 19.1 Å². The molecule has 0 spiro atoms. The Balaban J connectivity index is 0.00000196. The van der Waals surface area contributed by atoms with Gasteiger partial charge in [-0.1, -0.05) is 6.07 Å². The van der Waals surface area contributed by atoms with E-state index in [1.54, 1.807) is 6.08 Å². The van der Waals surface area contributed by atoms with Gasteiger partial charge in [0.15, 0.2) is 5.17 Å². The van der Waals surface area contributed by atoms with E-state index in [2.05, 4.69) is 10.4 Å². The third-order valence-electron chi connectivity index (χ3n) is 4.08. The lowest BCUT2D eigenvalue weighted by Gasteiger charge is -2.28. The van der Waals surface area contributed by atoms with E-state index < -0.39 is 17.8 Å². The Morgan fingerprint density at radius 3 is 2.82 bits per heavy atom. The van der Waals surface area contributed by atoms with E-state index in [1.165, 1.54) is 30.0 Å². The van der Waals surface area contributed by atoms with Crippen molar-refractivity contribution in [2.24, 2.45) is 10.7 Å². The smallest absolute Gasteiger partial charge is 0.305 e. The van der Waals surface area contributed by atoms with Gasteiger partial charge in [0.2, 0.25) is 0 Å². The number of carboxylic acid groups (broad SMARTS) is 1. The number of hydrogen-bond acceptors (Lipinski definition) is 6.